The van der Waals surface area contributed by atoms with E-state index in [-0.39, 0.29) is 12.0 Å². The zero-order valence-electron chi connectivity index (χ0n) is 16.4. The lowest BCUT2D eigenvalue weighted by atomic mass is 9.80. The van der Waals surface area contributed by atoms with Crippen molar-refractivity contribution in [2.75, 3.05) is 26.0 Å². The predicted octanol–water partition coefficient (Wildman–Crippen LogP) is 4.24. The van der Waals surface area contributed by atoms with Crippen LogP contribution in [0.15, 0.2) is 18.2 Å². The number of hydrogen-bond donors (Lipinski definition) is 0. The second-order valence-electron chi connectivity index (χ2n) is 8.79. The number of amides is 1. The highest BCUT2D eigenvalue weighted by atomic mass is 35.5. The van der Waals surface area contributed by atoms with Gasteiger partial charge in [0.1, 0.15) is 5.60 Å². The van der Waals surface area contributed by atoms with Crippen molar-refractivity contribution >= 4 is 39.4 Å². The minimum atomic E-state index is -3.61. The van der Waals surface area contributed by atoms with Crippen molar-refractivity contribution in [2.24, 2.45) is 5.41 Å². The van der Waals surface area contributed by atoms with Crippen molar-refractivity contribution < 1.29 is 22.1 Å². The van der Waals surface area contributed by atoms with Gasteiger partial charge < -0.3 is 9.64 Å². The summed E-state index contributed by atoms with van der Waals surface area (Å²) in [6.45, 7) is 6.32. The van der Waals surface area contributed by atoms with E-state index in [2.05, 4.69) is 0 Å². The third-order valence-electron chi connectivity index (χ3n) is 5.51. The molecule has 3 rings (SSSR count). The van der Waals surface area contributed by atoms with Crippen molar-refractivity contribution in [3.05, 3.63) is 33.8 Å². The standard InChI is InChI=1S/C19H25Cl2NO5S/c1-17(2,3)27-16(23)22-8-7-19(13-5-6-14(20)15(21)9-13)10-18(19,11-22)12-26-28(4,24)25/h5-6,9H,7-8,10-12H2,1-4H3. The summed E-state index contributed by atoms with van der Waals surface area (Å²) >= 11 is 12.3. The monoisotopic (exact) mass is 449 g/mol. The van der Waals surface area contributed by atoms with E-state index in [0.717, 1.165) is 11.8 Å². The molecule has 6 nitrogen and oxygen atoms in total. The molecule has 1 aromatic rings. The SMILES string of the molecule is CC(C)(C)OC(=O)N1CCC2(c3ccc(Cl)c(Cl)c3)CC2(COS(C)(=O)=O)C1. The molecule has 28 heavy (non-hydrogen) atoms. The number of benzene rings is 1. The van der Waals surface area contributed by atoms with Gasteiger partial charge in [0, 0.05) is 23.9 Å². The van der Waals surface area contributed by atoms with E-state index in [1.165, 1.54) is 0 Å². The zero-order valence-corrected chi connectivity index (χ0v) is 18.7. The lowest BCUT2D eigenvalue weighted by molar-refractivity contribution is 0.0104. The van der Waals surface area contributed by atoms with Gasteiger partial charge in [0.2, 0.25) is 0 Å². The van der Waals surface area contributed by atoms with Crippen LogP contribution in [0.4, 0.5) is 4.79 Å². The average molecular weight is 450 g/mol. The summed E-state index contributed by atoms with van der Waals surface area (Å²) in [5, 5.41) is 0.916. The minimum absolute atomic E-state index is 0.00533. The Balaban J connectivity index is 1.89. The number of carbonyl (C=O) groups excluding carboxylic acids is 1. The Kier molecular flexibility index (Phi) is 5.45. The number of rotatable bonds is 4. The number of fused-ring (bicyclic) bond motifs is 1. The first-order valence-electron chi connectivity index (χ1n) is 9.05. The van der Waals surface area contributed by atoms with Crippen LogP contribution in [0.3, 0.4) is 0 Å². The van der Waals surface area contributed by atoms with Crippen LogP contribution in [0.2, 0.25) is 10.0 Å². The van der Waals surface area contributed by atoms with Crippen molar-refractivity contribution in [3.8, 4) is 0 Å². The lowest BCUT2D eigenvalue weighted by Gasteiger charge is -2.38. The molecule has 156 valence electrons. The van der Waals surface area contributed by atoms with Crippen molar-refractivity contribution in [1.82, 2.24) is 4.90 Å². The summed E-state index contributed by atoms with van der Waals surface area (Å²) < 4.78 is 33.9. The largest absolute Gasteiger partial charge is 0.444 e. The Morgan fingerprint density at radius 1 is 1.25 bits per heavy atom. The third-order valence-corrected chi connectivity index (χ3v) is 6.79. The van der Waals surface area contributed by atoms with Crippen LogP contribution in [-0.2, 0) is 24.5 Å². The van der Waals surface area contributed by atoms with E-state index in [4.69, 9.17) is 32.1 Å². The second-order valence-corrected chi connectivity index (χ2v) is 11.2. The van der Waals surface area contributed by atoms with Crippen LogP contribution in [-0.4, -0.2) is 51.0 Å². The van der Waals surface area contributed by atoms with Crippen molar-refractivity contribution in [2.45, 2.75) is 44.6 Å². The van der Waals surface area contributed by atoms with E-state index in [1.807, 2.05) is 32.9 Å². The molecule has 0 spiro atoms. The first-order valence-corrected chi connectivity index (χ1v) is 11.6. The maximum atomic E-state index is 12.6. The summed E-state index contributed by atoms with van der Waals surface area (Å²) in [7, 11) is -3.61. The normalized spacial score (nSPS) is 27.3. The number of ether oxygens (including phenoxy) is 1. The highest BCUT2D eigenvalue weighted by molar-refractivity contribution is 7.85. The molecule has 2 atom stereocenters. The maximum absolute atomic E-state index is 12.6. The molecule has 1 heterocycles. The molecule has 1 aromatic carbocycles. The van der Waals surface area contributed by atoms with Gasteiger partial charge in [-0.2, -0.15) is 8.42 Å². The highest BCUT2D eigenvalue weighted by Gasteiger charge is 2.70. The third kappa shape index (κ3) is 4.27. The molecule has 0 aromatic heterocycles. The average Bonchev–Trinajstić information content (AvgIpc) is 3.23. The zero-order chi connectivity index (χ0) is 21.0. The van der Waals surface area contributed by atoms with Gasteiger partial charge >= 0.3 is 6.09 Å². The first-order chi connectivity index (χ1) is 12.8. The molecule has 0 N–H and O–H groups in total. The summed E-state index contributed by atoms with van der Waals surface area (Å²) in [4.78, 5) is 14.2. The fourth-order valence-electron chi connectivity index (χ4n) is 4.15. The molecule has 1 saturated carbocycles. The molecular weight excluding hydrogens is 425 g/mol. The summed E-state index contributed by atoms with van der Waals surface area (Å²) in [6, 6.07) is 5.49. The maximum Gasteiger partial charge on any atom is 0.410 e. The van der Waals surface area contributed by atoms with Gasteiger partial charge in [-0.15, -0.1) is 0 Å². The van der Waals surface area contributed by atoms with Crippen LogP contribution < -0.4 is 0 Å². The molecule has 1 saturated heterocycles. The van der Waals surface area contributed by atoms with Crippen LogP contribution >= 0.6 is 23.2 Å². The van der Waals surface area contributed by atoms with E-state index >= 15 is 0 Å². The minimum Gasteiger partial charge on any atom is -0.444 e. The number of carbonyl (C=O) groups is 1. The molecule has 2 fully saturated rings. The number of hydrogen-bond acceptors (Lipinski definition) is 5. The second kappa shape index (κ2) is 7.04. The number of halogens is 2. The van der Waals surface area contributed by atoms with Gasteiger partial charge in [0.05, 0.1) is 22.9 Å². The van der Waals surface area contributed by atoms with Crippen LogP contribution in [0.1, 0.15) is 39.2 Å². The Labute approximate surface area is 176 Å². The first kappa shape index (κ1) is 21.7. The lowest BCUT2D eigenvalue weighted by Crippen LogP contribution is -2.48. The molecule has 1 aliphatic heterocycles. The Morgan fingerprint density at radius 3 is 2.50 bits per heavy atom. The fourth-order valence-corrected chi connectivity index (χ4v) is 4.89. The topological polar surface area (TPSA) is 72.9 Å². The molecule has 1 aliphatic carbocycles. The van der Waals surface area contributed by atoms with E-state index < -0.39 is 27.2 Å². The molecular formula is C19H25Cl2NO5S. The number of likely N-dealkylation sites (tertiary alicyclic amines) is 1. The molecule has 9 heteroatoms. The quantitative estimate of drug-likeness (QED) is 0.642. The van der Waals surface area contributed by atoms with Gasteiger partial charge in [-0.05, 0) is 51.3 Å². The molecule has 0 radical (unpaired) electrons. The van der Waals surface area contributed by atoms with Crippen LogP contribution in [0.5, 0.6) is 0 Å². The van der Waals surface area contributed by atoms with Crippen molar-refractivity contribution in [1.29, 1.82) is 0 Å². The summed E-state index contributed by atoms with van der Waals surface area (Å²) in [5.41, 5.74) is -0.426. The molecule has 0 bridgehead atoms. The highest BCUT2D eigenvalue weighted by Crippen LogP contribution is 2.69. The number of nitrogens with zero attached hydrogens (tertiary/aromatic N) is 1. The number of piperidine rings is 1. The summed E-state index contributed by atoms with van der Waals surface area (Å²) in [5.74, 6) is 0. The van der Waals surface area contributed by atoms with Gasteiger partial charge in [0.25, 0.3) is 10.1 Å². The van der Waals surface area contributed by atoms with E-state index in [1.54, 1.807) is 11.0 Å². The van der Waals surface area contributed by atoms with Gasteiger partial charge in [-0.25, -0.2) is 4.79 Å². The smallest absolute Gasteiger partial charge is 0.410 e. The van der Waals surface area contributed by atoms with Crippen molar-refractivity contribution in [3.63, 3.8) is 0 Å². The van der Waals surface area contributed by atoms with Gasteiger partial charge in [-0.1, -0.05) is 29.3 Å². The van der Waals surface area contributed by atoms with E-state index in [0.29, 0.717) is 36.0 Å². The van der Waals surface area contributed by atoms with Crippen LogP contribution in [0.25, 0.3) is 0 Å². The fraction of sp³-hybridized carbons (Fsp3) is 0.632. The van der Waals surface area contributed by atoms with Gasteiger partial charge in [0.15, 0.2) is 0 Å². The van der Waals surface area contributed by atoms with Gasteiger partial charge in [-0.3, -0.25) is 4.18 Å². The molecule has 2 aliphatic rings. The molecule has 2 unspecified atom stereocenters. The summed E-state index contributed by atoms with van der Waals surface area (Å²) in [6.07, 6.45) is 1.99. The Morgan fingerprint density at radius 2 is 1.93 bits per heavy atom. The Hall–Kier alpha value is -1.02. The molecule has 1 amide bonds. The van der Waals surface area contributed by atoms with Crippen LogP contribution in [0, 0.1) is 5.41 Å². The van der Waals surface area contributed by atoms with E-state index in [9.17, 15) is 13.2 Å². The predicted molar refractivity (Wildman–Crippen MR) is 108 cm³/mol. The Bertz CT molecular complexity index is 898.